The van der Waals surface area contributed by atoms with Crippen molar-refractivity contribution in [3.63, 3.8) is 0 Å². The van der Waals surface area contributed by atoms with Gasteiger partial charge in [-0.25, -0.2) is 5.43 Å². The van der Waals surface area contributed by atoms with Gasteiger partial charge in [-0.3, -0.25) is 9.59 Å². The smallest absolute Gasteiger partial charge is 0.287 e. The third-order valence-corrected chi connectivity index (χ3v) is 5.01. The molecule has 0 saturated carbocycles. The standard InChI is InChI=1S/C25H19N3O6/c29-24(18-4-2-1-3-5-18)27-19(10-16-6-8-20-22(11-16)33-14-31-20)25(30)28-26-13-17-7-9-21-23(12-17)34-15-32-21/h1-13H,14-15H2,(H,27,29)(H,28,30). The first kappa shape index (κ1) is 21.1. The van der Waals surface area contributed by atoms with Gasteiger partial charge in [0.05, 0.1) is 6.21 Å². The first-order chi connectivity index (χ1) is 16.7. The quantitative estimate of drug-likeness (QED) is 0.335. The Morgan fingerprint density at radius 1 is 0.765 bits per heavy atom. The van der Waals surface area contributed by atoms with E-state index in [1.54, 1.807) is 66.7 Å². The molecule has 0 spiro atoms. The molecule has 0 unspecified atom stereocenters. The predicted molar refractivity (Wildman–Crippen MR) is 123 cm³/mol. The summed E-state index contributed by atoms with van der Waals surface area (Å²) in [6.45, 7) is 0.303. The molecule has 3 aromatic carbocycles. The molecule has 0 aromatic heterocycles. The second-order valence-corrected chi connectivity index (χ2v) is 7.30. The molecule has 2 N–H and O–H groups in total. The van der Waals surface area contributed by atoms with Crippen LogP contribution in [0.15, 0.2) is 77.5 Å². The van der Waals surface area contributed by atoms with Crippen LogP contribution in [-0.4, -0.2) is 31.6 Å². The molecule has 0 fully saturated rings. The Hall–Kier alpha value is -4.79. The van der Waals surface area contributed by atoms with Crippen molar-refractivity contribution in [1.29, 1.82) is 0 Å². The zero-order chi connectivity index (χ0) is 23.3. The van der Waals surface area contributed by atoms with Crippen LogP contribution in [0.5, 0.6) is 23.0 Å². The highest BCUT2D eigenvalue weighted by atomic mass is 16.7. The van der Waals surface area contributed by atoms with Crippen molar-refractivity contribution in [3.8, 4) is 23.0 Å². The van der Waals surface area contributed by atoms with Gasteiger partial charge in [-0.2, -0.15) is 5.10 Å². The molecule has 9 nitrogen and oxygen atoms in total. The minimum Gasteiger partial charge on any atom is -0.454 e. The molecule has 0 atom stereocenters. The van der Waals surface area contributed by atoms with Crippen LogP contribution in [0.4, 0.5) is 0 Å². The van der Waals surface area contributed by atoms with E-state index in [2.05, 4.69) is 15.8 Å². The molecule has 2 aliphatic rings. The molecule has 9 heteroatoms. The third-order valence-electron chi connectivity index (χ3n) is 5.01. The van der Waals surface area contributed by atoms with Crippen molar-refractivity contribution in [2.24, 2.45) is 5.10 Å². The van der Waals surface area contributed by atoms with E-state index in [0.29, 0.717) is 39.7 Å². The van der Waals surface area contributed by atoms with Crippen molar-refractivity contribution in [2.75, 3.05) is 13.6 Å². The van der Waals surface area contributed by atoms with E-state index in [-0.39, 0.29) is 19.3 Å². The van der Waals surface area contributed by atoms with E-state index >= 15 is 0 Å². The molecule has 170 valence electrons. The summed E-state index contributed by atoms with van der Waals surface area (Å²) >= 11 is 0. The summed E-state index contributed by atoms with van der Waals surface area (Å²) in [5.41, 5.74) is 4.22. The molecule has 2 amide bonds. The van der Waals surface area contributed by atoms with Crippen molar-refractivity contribution < 1.29 is 28.5 Å². The molecule has 5 rings (SSSR count). The maximum Gasteiger partial charge on any atom is 0.287 e. The SMILES string of the molecule is O=C(NN=Cc1ccc2c(c1)OCO2)C(=Cc1ccc2c(c1)OCO2)NC(=O)c1ccccc1. The summed E-state index contributed by atoms with van der Waals surface area (Å²) in [5, 5.41) is 6.67. The molecule has 34 heavy (non-hydrogen) atoms. The Kier molecular flexibility index (Phi) is 5.81. The van der Waals surface area contributed by atoms with E-state index in [1.807, 2.05) is 0 Å². The molecular formula is C25H19N3O6. The fourth-order valence-electron chi connectivity index (χ4n) is 3.33. The van der Waals surface area contributed by atoms with Gasteiger partial charge >= 0.3 is 0 Å². The van der Waals surface area contributed by atoms with E-state index < -0.39 is 11.8 Å². The topological polar surface area (TPSA) is 107 Å². The van der Waals surface area contributed by atoms with E-state index in [1.165, 1.54) is 12.3 Å². The lowest BCUT2D eigenvalue weighted by molar-refractivity contribution is -0.117. The number of benzene rings is 3. The third kappa shape index (κ3) is 4.68. The van der Waals surface area contributed by atoms with Gasteiger partial charge in [0.25, 0.3) is 11.8 Å². The molecule has 0 aliphatic carbocycles. The number of hydrogen-bond donors (Lipinski definition) is 2. The second kappa shape index (κ2) is 9.37. The molecule has 3 aromatic rings. The van der Waals surface area contributed by atoms with Gasteiger partial charge in [0.15, 0.2) is 23.0 Å². The lowest BCUT2D eigenvalue weighted by Crippen LogP contribution is -2.32. The summed E-state index contributed by atoms with van der Waals surface area (Å²) in [6, 6.07) is 19.1. The van der Waals surface area contributed by atoms with E-state index in [4.69, 9.17) is 18.9 Å². The summed E-state index contributed by atoms with van der Waals surface area (Å²) in [7, 11) is 0. The maximum absolute atomic E-state index is 12.9. The average molecular weight is 457 g/mol. The number of hydrogen-bond acceptors (Lipinski definition) is 7. The average Bonchev–Trinajstić information content (AvgIpc) is 3.52. The highest BCUT2D eigenvalue weighted by Crippen LogP contribution is 2.33. The second-order valence-electron chi connectivity index (χ2n) is 7.30. The zero-order valence-electron chi connectivity index (χ0n) is 17.8. The molecule has 0 saturated heterocycles. The van der Waals surface area contributed by atoms with Gasteiger partial charge in [0.2, 0.25) is 13.6 Å². The van der Waals surface area contributed by atoms with Gasteiger partial charge < -0.3 is 24.3 Å². The number of hydrazone groups is 1. The minimum atomic E-state index is -0.598. The summed E-state index contributed by atoms with van der Waals surface area (Å²) in [5.74, 6) is 1.41. The van der Waals surface area contributed by atoms with Crippen molar-refractivity contribution >= 4 is 24.1 Å². The lowest BCUT2D eigenvalue weighted by Gasteiger charge is -2.09. The fraction of sp³-hybridized carbons (Fsp3) is 0.0800. The van der Waals surface area contributed by atoms with Crippen LogP contribution >= 0.6 is 0 Å². The first-order valence-corrected chi connectivity index (χ1v) is 10.4. The van der Waals surface area contributed by atoms with Gasteiger partial charge in [0, 0.05) is 5.56 Å². The Morgan fingerprint density at radius 2 is 1.38 bits per heavy atom. The minimum absolute atomic E-state index is 0.00977. The number of nitrogens with zero attached hydrogens (tertiary/aromatic N) is 1. The van der Waals surface area contributed by atoms with Crippen molar-refractivity contribution in [3.05, 3.63) is 89.1 Å². The van der Waals surface area contributed by atoms with Gasteiger partial charge in [-0.05, 0) is 59.7 Å². The number of amides is 2. The van der Waals surface area contributed by atoms with E-state index in [9.17, 15) is 9.59 Å². The van der Waals surface area contributed by atoms with Gasteiger partial charge in [-0.15, -0.1) is 0 Å². The van der Waals surface area contributed by atoms with Crippen LogP contribution in [0.2, 0.25) is 0 Å². The van der Waals surface area contributed by atoms with Crippen LogP contribution < -0.4 is 29.7 Å². The fourth-order valence-corrected chi connectivity index (χ4v) is 3.33. The Balaban J connectivity index is 1.35. The summed E-state index contributed by atoms with van der Waals surface area (Å²) in [6.07, 6.45) is 3.01. The molecule has 0 bridgehead atoms. The molecule has 2 heterocycles. The molecule has 2 aliphatic heterocycles. The van der Waals surface area contributed by atoms with Gasteiger partial charge in [0.1, 0.15) is 5.70 Å². The number of carbonyl (C=O) groups is 2. The van der Waals surface area contributed by atoms with Crippen LogP contribution in [0.3, 0.4) is 0 Å². The monoisotopic (exact) mass is 457 g/mol. The number of ether oxygens (including phenoxy) is 4. The van der Waals surface area contributed by atoms with E-state index in [0.717, 1.165) is 0 Å². The van der Waals surface area contributed by atoms with Crippen LogP contribution in [0.25, 0.3) is 6.08 Å². The summed E-state index contributed by atoms with van der Waals surface area (Å²) < 4.78 is 21.3. The van der Waals surface area contributed by atoms with Gasteiger partial charge in [-0.1, -0.05) is 24.3 Å². The highest BCUT2D eigenvalue weighted by Gasteiger charge is 2.17. The Bertz CT molecular complexity index is 1300. The number of rotatable bonds is 6. The predicted octanol–water partition coefficient (Wildman–Crippen LogP) is 3.07. The zero-order valence-corrected chi connectivity index (χ0v) is 17.8. The number of nitrogens with one attached hydrogen (secondary N) is 2. The van der Waals surface area contributed by atoms with Crippen LogP contribution in [-0.2, 0) is 4.79 Å². The van der Waals surface area contributed by atoms with Crippen molar-refractivity contribution in [1.82, 2.24) is 10.7 Å². The van der Waals surface area contributed by atoms with Crippen LogP contribution in [0, 0.1) is 0 Å². The molecule has 0 radical (unpaired) electrons. The van der Waals surface area contributed by atoms with Crippen LogP contribution in [0.1, 0.15) is 21.5 Å². The van der Waals surface area contributed by atoms with Crippen molar-refractivity contribution in [2.45, 2.75) is 0 Å². The highest BCUT2D eigenvalue weighted by molar-refractivity contribution is 6.05. The number of fused-ring (bicyclic) bond motifs is 2. The lowest BCUT2D eigenvalue weighted by atomic mass is 10.1. The largest absolute Gasteiger partial charge is 0.454 e. The Labute approximate surface area is 194 Å². The first-order valence-electron chi connectivity index (χ1n) is 10.4. The Morgan fingerprint density at radius 3 is 2.09 bits per heavy atom. The normalized spacial score (nSPS) is 13.7. The maximum atomic E-state index is 12.9. The summed E-state index contributed by atoms with van der Waals surface area (Å²) in [4.78, 5) is 25.6. The number of carbonyl (C=O) groups excluding carboxylic acids is 2. The molecular weight excluding hydrogens is 438 g/mol.